The lowest BCUT2D eigenvalue weighted by Gasteiger charge is -2.21. The lowest BCUT2D eigenvalue weighted by atomic mass is 10.0. The molecule has 0 saturated carbocycles. The molecule has 1 nitrogen and oxygen atoms in total. The molecule has 20 heavy (non-hydrogen) atoms. The van der Waals surface area contributed by atoms with E-state index in [1.807, 2.05) is 12.1 Å². The molecule has 2 unspecified atom stereocenters. The normalized spacial score (nSPS) is 18.9. The summed E-state index contributed by atoms with van der Waals surface area (Å²) in [5.74, 6) is -0.183. The Morgan fingerprint density at radius 1 is 1.20 bits per heavy atom. The molecule has 0 saturated heterocycles. The van der Waals surface area contributed by atoms with Crippen LogP contribution >= 0.6 is 15.9 Å². The molecule has 0 bridgehead atoms. The number of hydrogen-bond donors (Lipinski definition) is 1. The molecule has 1 aliphatic carbocycles. The van der Waals surface area contributed by atoms with E-state index in [1.54, 1.807) is 0 Å². The summed E-state index contributed by atoms with van der Waals surface area (Å²) in [4.78, 5) is 0. The van der Waals surface area contributed by atoms with Crippen molar-refractivity contribution in [2.24, 2.45) is 0 Å². The maximum atomic E-state index is 13.0. The summed E-state index contributed by atoms with van der Waals surface area (Å²) in [6, 6.07) is 13.9. The van der Waals surface area contributed by atoms with Crippen LogP contribution < -0.4 is 5.32 Å². The highest BCUT2D eigenvalue weighted by Crippen LogP contribution is 2.34. The first kappa shape index (κ1) is 13.8. The molecule has 1 N–H and O–H groups in total. The monoisotopic (exact) mass is 333 g/mol. The van der Waals surface area contributed by atoms with E-state index in [9.17, 15) is 4.39 Å². The van der Waals surface area contributed by atoms with Gasteiger partial charge in [-0.15, -0.1) is 0 Å². The molecule has 0 heterocycles. The van der Waals surface area contributed by atoms with E-state index in [1.165, 1.54) is 23.3 Å². The second kappa shape index (κ2) is 5.66. The Morgan fingerprint density at radius 2 is 1.95 bits per heavy atom. The molecule has 0 fully saturated rings. The van der Waals surface area contributed by atoms with Gasteiger partial charge in [0.1, 0.15) is 5.82 Å². The van der Waals surface area contributed by atoms with Crippen LogP contribution in [0, 0.1) is 5.82 Å². The zero-order chi connectivity index (χ0) is 14.1. The second-order valence-corrected chi connectivity index (χ2v) is 6.29. The third-order valence-corrected chi connectivity index (χ3v) is 4.50. The summed E-state index contributed by atoms with van der Waals surface area (Å²) in [6.07, 6.45) is 2.24. The van der Waals surface area contributed by atoms with Crippen molar-refractivity contribution in [3.63, 3.8) is 0 Å². The topological polar surface area (TPSA) is 12.0 Å². The van der Waals surface area contributed by atoms with Crippen LogP contribution in [0.3, 0.4) is 0 Å². The van der Waals surface area contributed by atoms with Crippen LogP contribution in [0.2, 0.25) is 0 Å². The van der Waals surface area contributed by atoms with Gasteiger partial charge in [-0.05, 0) is 60.7 Å². The van der Waals surface area contributed by atoms with E-state index < -0.39 is 0 Å². The quantitative estimate of drug-likeness (QED) is 0.839. The average Bonchev–Trinajstić information content (AvgIpc) is 2.81. The summed E-state index contributed by atoms with van der Waals surface area (Å²) >= 11 is 3.52. The molecule has 1 aliphatic rings. The summed E-state index contributed by atoms with van der Waals surface area (Å²) in [6.45, 7) is 2.13. The molecule has 0 amide bonds. The fourth-order valence-corrected chi connectivity index (χ4v) is 3.32. The average molecular weight is 334 g/mol. The molecule has 104 valence electrons. The van der Waals surface area contributed by atoms with E-state index >= 15 is 0 Å². The number of rotatable bonds is 3. The minimum atomic E-state index is -0.183. The van der Waals surface area contributed by atoms with Gasteiger partial charge >= 0.3 is 0 Å². The highest BCUT2D eigenvalue weighted by molar-refractivity contribution is 9.10. The van der Waals surface area contributed by atoms with Crippen molar-refractivity contribution >= 4 is 15.9 Å². The van der Waals surface area contributed by atoms with Gasteiger partial charge in [0.25, 0.3) is 0 Å². The first-order valence-corrected chi connectivity index (χ1v) is 7.72. The Balaban J connectivity index is 1.75. The number of halogens is 2. The Morgan fingerprint density at radius 3 is 2.70 bits per heavy atom. The van der Waals surface area contributed by atoms with Crippen LogP contribution in [0.15, 0.2) is 46.9 Å². The smallest absolute Gasteiger partial charge is 0.123 e. The molecular formula is C17H17BrFN. The van der Waals surface area contributed by atoms with Crippen LogP contribution in [-0.2, 0) is 6.42 Å². The number of nitrogens with one attached hydrogen (secondary N) is 1. The van der Waals surface area contributed by atoms with Crippen molar-refractivity contribution in [1.82, 2.24) is 5.32 Å². The molecule has 2 aromatic carbocycles. The maximum Gasteiger partial charge on any atom is 0.123 e. The third kappa shape index (κ3) is 2.79. The summed E-state index contributed by atoms with van der Waals surface area (Å²) in [5.41, 5.74) is 3.93. The van der Waals surface area contributed by atoms with Gasteiger partial charge in [0.05, 0.1) is 0 Å². The van der Waals surface area contributed by atoms with Crippen LogP contribution in [0.25, 0.3) is 0 Å². The van der Waals surface area contributed by atoms with Gasteiger partial charge in [-0.3, -0.25) is 0 Å². The summed E-state index contributed by atoms with van der Waals surface area (Å²) in [7, 11) is 0. The SMILES string of the molecule is CC(NC1CCc2cc(Br)ccc21)c1ccc(F)cc1. The Labute approximate surface area is 127 Å². The van der Waals surface area contributed by atoms with Crippen LogP contribution in [-0.4, -0.2) is 0 Å². The van der Waals surface area contributed by atoms with Gasteiger partial charge in [-0.25, -0.2) is 4.39 Å². The van der Waals surface area contributed by atoms with Crippen LogP contribution in [0.4, 0.5) is 4.39 Å². The third-order valence-electron chi connectivity index (χ3n) is 4.00. The fourth-order valence-electron chi connectivity index (χ4n) is 2.91. The van der Waals surface area contributed by atoms with Crippen molar-refractivity contribution < 1.29 is 4.39 Å². The van der Waals surface area contributed by atoms with Crippen molar-refractivity contribution in [1.29, 1.82) is 0 Å². The standard InChI is InChI=1S/C17H17BrFN/c1-11(12-2-6-15(19)7-3-12)20-17-9-4-13-10-14(18)5-8-16(13)17/h2-3,5-8,10-11,17,20H,4,9H2,1H3. The molecule has 3 rings (SSSR count). The van der Waals surface area contributed by atoms with Crippen LogP contribution in [0.5, 0.6) is 0 Å². The number of aryl methyl sites for hydroxylation is 1. The molecule has 0 radical (unpaired) electrons. The molecule has 2 aromatic rings. The van der Waals surface area contributed by atoms with E-state index in [0.717, 1.165) is 22.9 Å². The summed E-state index contributed by atoms with van der Waals surface area (Å²) in [5, 5.41) is 3.65. The van der Waals surface area contributed by atoms with E-state index in [0.29, 0.717) is 6.04 Å². The lowest BCUT2D eigenvalue weighted by molar-refractivity contribution is 0.464. The predicted octanol–water partition coefficient (Wildman–Crippen LogP) is 4.93. The van der Waals surface area contributed by atoms with Crippen molar-refractivity contribution in [2.45, 2.75) is 31.8 Å². The predicted molar refractivity (Wildman–Crippen MR) is 83.2 cm³/mol. The van der Waals surface area contributed by atoms with Gasteiger partial charge in [0.2, 0.25) is 0 Å². The second-order valence-electron chi connectivity index (χ2n) is 5.37. The zero-order valence-electron chi connectivity index (χ0n) is 11.4. The van der Waals surface area contributed by atoms with Crippen molar-refractivity contribution in [3.05, 3.63) is 69.4 Å². The van der Waals surface area contributed by atoms with Gasteiger partial charge in [0, 0.05) is 16.6 Å². The van der Waals surface area contributed by atoms with Gasteiger partial charge in [0.15, 0.2) is 0 Å². The highest BCUT2D eigenvalue weighted by atomic mass is 79.9. The minimum absolute atomic E-state index is 0.183. The van der Waals surface area contributed by atoms with E-state index in [-0.39, 0.29) is 11.9 Å². The molecular weight excluding hydrogens is 317 g/mol. The van der Waals surface area contributed by atoms with Gasteiger partial charge in [-0.2, -0.15) is 0 Å². The fraction of sp³-hybridized carbons (Fsp3) is 0.294. The van der Waals surface area contributed by atoms with Crippen LogP contribution in [0.1, 0.15) is 42.1 Å². The zero-order valence-corrected chi connectivity index (χ0v) is 13.0. The lowest BCUT2D eigenvalue weighted by Crippen LogP contribution is -2.23. The minimum Gasteiger partial charge on any atom is -0.303 e. The Hall–Kier alpha value is -1.19. The molecule has 3 heteroatoms. The number of hydrogen-bond acceptors (Lipinski definition) is 1. The van der Waals surface area contributed by atoms with E-state index in [2.05, 4.69) is 46.4 Å². The largest absolute Gasteiger partial charge is 0.303 e. The first-order valence-electron chi connectivity index (χ1n) is 6.93. The maximum absolute atomic E-state index is 13.0. The molecule has 0 spiro atoms. The number of benzene rings is 2. The molecule has 0 aliphatic heterocycles. The van der Waals surface area contributed by atoms with Crippen molar-refractivity contribution in [3.8, 4) is 0 Å². The number of fused-ring (bicyclic) bond motifs is 1. The first-order chi connectivity index (χ1) is 9.63. The van der Waals surface area contributed by atoms with Gasteiger partial charge < -0.3 is 5.32 Å². The highest BCUT2D eigenvalue weighted by Gasteiger charge is 2.23. The van der Waals surface area contributed by atoms with Crippen molar-refractivity contribution in [2.75, 3.05) is 0 Å². The molecule has 2 atom stereocenters. The Kier molecular flexibility index (Phi) is 3.90. The molecule has 0 aromatic heterocycles. The Bertz CT molecular complexity index is 609. The van der Waals surface area contributed by atoms with E-state index in [4.69, 9.17) is 0 Å². The summed E-state index contributed by atoms with van der Waals surface area (Å²) < 4.78 is 14.1. The van der Waals surface area contributed by atoms with Gasteiger partial charge in [-0.1, -0.05) is 34.1 Å².